The molecule has 1 N–H and O–H groups in total. The number of piperidine rings is 1. The maximum absolute atomic E-state index is 14.6. The van der Waals surface area contributed by atoms with Crippen LogP contribution < -0.4 is 5.32 Å². The van der Waals surface area contributed by atoms with Crippen molar-refractivity contribution in [3.63, 3.8) is 0 Å². The Morgan fingerprint density at radius 2 is 2.00 bits per heavy atom. The number of nitrogens with zero attached hydrogens (tertiary/aromatic N) is 1. The molecule has 2 heterocycles. The van der Waals surface area contributed by atoms with Gasteiger partial charge in [-0.15, -0.1) is 0 Å². The predicted molar refractivity (Wildman–Crippen MR) is 72.5 cm³/mol. The van der Waals surface area contributed by atoms with E-state index in [9.17, 15) is 4.39 Å². The standard InChI is InChI=1S/C15H19FN2/c1-10-9-13-14(18(10)2)4-3-12(15(13)16)11-5-7-17-8-6-11/h3-4,9,11,17H,5-8H2,1-2H3. The number of aromatic nitrogens is 1. The van der Waals surface area contributed by atoms with Crippen molar-refractivity contribution in [2.24, 2.45) is 7.05 Å². The van der Waals surface area contributed by atoms with Gasteiger partial charge in [-0.05, 0) is 56.5 Å². The lowest BCUT2D eigenvalue weighted by Gasteiger charge is -2.23. The highest BCUT2D eigenvalue weighted by Crippen LogP contribution is 2.32. The van der Waals surface area contributed by atoms with E-state index < -0.39 is 0 Å². The van der Waals surface area contributed by atoms with Crippen LogP contribution in [-0.4, -0.2) is 17.7 Å². The van der Waals surface area contributed by atoms with Crippen LogP contribution >= 0.6 is 0 Å². The number of hydrogen-bond donors (Lipinski definition) is 1. The summed E-state index contributed by atoms with van der Waals surface area (Å²) in [4.78, 5) is 0. The Bertz CT molecular complexity index is 580. The van der Waals surface area contributed by atoms with Gasteiger partial charge in [0.2, 0.25) is 0 Å². The molecule has 1 aromatic carbocycles. The summed E-state index contributed by atoms with van der Waals surface area (Å²) in [6.07, 6.45) is 2.07. The van der Waals surface area contributed by atoms with Crippen molar-refractivity contribution in [3.05, 3.63) is 35.3 Å². The van der Waals surface area contributed by atoms with Gasteiger partial charge >= 0.3 is 0 Å². The Morgan fingerprint density at radius 1 is 1.28 bits per heavy atom. The van der Waals surface area contributed by atoms with Crippen molar-refractivity contribution in [2.75, 3.05) is 13.1 Å². The van der Waals surface area contributed by atoms with Crippen LogP contribution in [0.15, 0.2) is 18.2 Å². The van der Waals surface area contributed by atoms with Gasteiger partial charge in [0.25, 0.3) is 0 Å². The highest BCUT2D eigenvalue weighted by atomic mass is 19.1. The number of hydrogen-bond acceptors (Lipinski definition) is 1. The van der Waals surface area contributed by atoms with E-state index in [4.69, 9.17) is 0 Å². The topological polar surface area (TPSA) is 17.0 Å². The minimum atomic E-state index is -0.0110. The molecule has 0 spiro atoms. The molecule has 1 aliphatic rings. The van der Waals surface area contributed by atoms with E-state index in [0.29, 0.717) is 5.92 Å². The molecule has 0 amide bonds. The maximum Gasteiger partial charge on any atom is 0.136 e. The molecule has 1 aliphatic heterocycles. The van der Waals surface area contributed by atoms with Crippen LogP contribution in [0.2, 0.25) is 0 Å². The van der Waals surface area contributed by atoms with E-state index in [1.54, 1.807) is 0 Å². The first-order valence-electron chi connectivity index (χ1n) is 6.63. The van der Waals surface area contributed by atoms with E-state index in [2.05, 4.69) is 11.4 Å². The van der Waals surface area contributed by atoms with Crippen molar-refractivity contribution in [3.8, 4) is 0 Å². The zero-order valence-electron chi connectivity index (χ0n) is 11.0. The lowest BCUT2D eigenvalue weighted by molar-refractivity contribution is 0.447. The van der Waals surface area contributed by atoms with Crippen molar-refractivity contribution < 1.29 is 4.39 Å². The zero-order chi connectivity index (χ0) is 12.7. The summed E-state index contributed by atoms with van der Waals surface area (Å²) in [6.45, 7) is 4.01. The average molecular weight is 246 g/mol. The Balaban J connectivity index is 2.11. The summed E-state index contributed by atoms with van der Waals surface area (Å²) in [5, 5.41) is 4.10. The van der Waals surface area contributed by atoms with Gasteiger partial charge in [-0.25, -0.2) is 4.39 Å². The third kappa shape index (κ3) is 1.74. The molecule has 2 aromatic rings. The van der Waals surface area contributed by atoms with Crippen LogP contribution in [0.3, 0.4) is 0 Å². The summed E-state index contributed by atoms with van der Waals surface area (Å²) in [6, 6.07) is 5.99. The lowest BCUT2D eigenvalue weighted by atomic mass is 9.89. The van der Waals surface area contributed by atoms with Gasteiger partial charge in [-0.3, -0.25) is 0 Å². The quantitative estimate of drug-likeness (QED) is 0.818. The van der Waals surface area contributed by atoms with Crippen LogP contribution in [0.4, 0.5) is 4.39 Å². The largest absolute Gasteiger partial charge is 0.348 e. The maximum atomic E-state index is 14.6. The van der Waals surface area contributed by atoms with Crippen molar-refractivity contribution in [1.82, 2.24) is 9.88 Å². The second-order valence-corrected chi connectivity index (χ2v) is 5.27. The Labute approximate surface area is 107 Å². The average Bonchev–Trinajstić information content (AvgIpc) is 2.69. The first kappa shape index (κ1) is 11.7. The van der Waals surface area contributed by atoms with Crippen molar-refractivity contribution >= 4 is 10.9 Å². The molecule has 3 rings (SSSR count). The Hall–Kier alpha value is -1.35. The zero-order valence-corrected chi connectivity index (χ0v) is 11.0. The van der Waals surface area contributed by atoms with E-state index >= 15 is 0 Å². The predicted octanol–water partition coefficient (Wildman–Crippen LogP) is 3.09. The van der Waals surface area contributed by atoms with Gasteiger partial charge in [0.1, 0.15) is 5.82 Å². The molecular weight excluding hydrogens is 227 g/mol. The molecule has 0 aliphatic carbocycles. The number of halogens is 1. The van der Waals surface area contributed by atoms with E-state index in [0.717, 1.165) is 48.1 Å². The van der Waals surface area contributed by atoms with Crippen LogP contribution in [-0.2, 0) is 7.05 Å². The molecule has 1 saturated heterocycles. The molecule has 1 aromatic heterocycles. The van der Waals surface area contributed by atoms with Crippen LogP contribution in [0.1, 0.15) is 30.0 Å². The van der Waals surface area contributed by atoms with Crippen LogP contribution in [0.5, 0.6) is 0 Å². The van der Waals surface area contributed by atoms with Crippen molar-refractivity contribution in [2.45, 2.75) is 25.7 Å². The molecule has 2 nitrogen and oxygen atoms in total. The van der Waals surface area contributed by atoms with Gasteiger partial charge in [0.05, 0.1) is 5.52 Å². The molecule has 96 valence electrons. The first-order chi connectivity index (χ1) is 8.68. The molecule has 0 bridgehead atoms. The van der Waals surface area contributed by atoms with Gasteiger partial charge in [0, 0.05) is 18.1 Å². The molecule has 0 atom stereocenters. The van der Waals surface area contributed by atoms with Gasteiger partial charge in [-0.1, -0.05) is 6.07 Å². The SMILES string of the molecule is Cc1cc2c(F)c(C3CCNCC3)ccc2n1C. The normalized spacial score (nSPS) is 17.5. The highest BCUT2D eigenvalue weighted by Gasteiger charge is 2.20. The fraction of sp³-hybridized carbons (Fsp3) is 0.467. The minimum absolute atomic E-state index is 0.0110. The molecule has 0 unspecified atom stereocenters. The molecular formula is C15H19FN2. The number of nitrogens with one attached hydrogen (secondary N) is 1. The summed E-state index contributed by atoms with van der Waals surface area (Å²) < 4.78 is 16.7. The Morgan fingerprint density at radius 3 is 2.72 bits per heavy atom. The second kappa shape index (κ2) is 4.39. The minimum Gasteiger partial charge on any atom is -0.348 e. The molecule has 0 radical (unpaired) electrons. The molecule has 1 fully saturated rings. The van der Waals surface area contributed by atoms with E-state index in [1.807, 2.05) is 30.7 Å². The highest BCUT2D eigenvalue weighted by molar-refractivity contribution is 5.83. The second-order valence-electron chi connectivity index (χ2n) is 5.27. The summed E-state index contributed by atoms with van der Waals surface area (Å²) in [7, 11) is 1.99. The van der Waals surface area contributed by atoms with Crippen LogP contribution in [0.25, 0.3) is 10.9 Å². The number of fused-ring (bicyclic) bond motifs is 1. The van der Waals surface area contributed by atoms with Crippen LogP contribution in [0, 0.1) is 12.7 Å². The monoisotopic (exact) mass is 246 g/mol. The lowest BCUT2D eigenvalue weighted by Crippen LogP contribution is -2.27. The molecule has 0 saturated carbocycles. The summed E-state index contributed by atoms with van der Waals surface area (Å²) in [5.41, 5.74) is 2.99. The Kier molecular flexibility index (Phi) is 2.86. The van der Waals surface area contributed by atoms with Gasteiger partial charge < -0.3 is 9.88 Å². The summed E-state index contributed by atoms with van der Waals surface area (Å²) >= 11 is 0. The third-order valence-corrected chi connectivity index (χ3v) is 4.21. The molecule has 3 heteroatoms. The first-order valence-corrected chi connectivity index (χ1v) is 6.63. The fourth-order valence-electron chi connectivity index (χ4n) is 2.97. The van der Waals surface area contributed by atoms with Gasteiger partial charge in [0.15, 0.2) is 0 Å². The number of benzene rings is 1. The van der Waals surface area contributed by atoms with Crippen molar-refractivity contribution in [1.29, 1.82) is 0 Å². The molecule has 18 heavy (non-hydrogen) atoms. The number of aryl methyl sites for hydroxylation is 2. The smallest absolute Gasteiger partial charge is 0.136 e. The van der Waals surface area contributed by atoms with E-state index in [1.165, 1.54) is 0 Å². The van der Waals surface area contributed by atoms with Gasteiger partial charge in [-0.2, -0.15) is 0 Å². The third-order valence-electron chi connectivity index (χ3n) is 4.21. The fourth-order valence-corrected chi connectivity index (χ4v) is 2.97. The van der Waals surface area contributed by atoms with E-state index in [-0.39, 0.29) is 5.82 Å². The summed E-state index contributed by atoms with van der Waals surface area (Å²) in [5.74, 6) is 0.360. The number of rotatable bonds is 1.